The number of hydrogen-bond acceptors (Lipinski definition) is 5. The van der Waals surface area contributed by atoms with Crippen LogP contribution in [0.4, 0.5) is 0 Å². The highest BCUT2D eigenvalue weighted by Gasteiger charge is 2.39. The third-order valence-electron chi connectivity index (χ3n) is 4.74. The van der Waals surface area contributed by atoms with Crippen molar-refractivity contribution in [2.45, 2.75) is 50.5 Å². The average Bonchev–Trinajstić information content (AvgIpc) is 3.34. The van der Waals surface area contributed by atoms with Crippen LogP contribution in [0.2, 0.25) is 0 Å². The molecule has 2 fully saturated rings. The molecule has 1 amide bonds. The van der Waals surface area contributed by atoms with Gasteiger partial charge in [0.05, 0.1) is 20.3 Å². The molecule has 0 spiro atoms. The van der Waals surface area contributed by atoms with Gasteiger partial charge in [0.25, 0.3) is 5.91 Å². The first-order valence-corrected chi connectivity index (χ1v) is 8.53. The minimum absolute atomic E-state index is 0. The van der Waals surface area contributed by atoms with E-state index in [1.165, 1.54) is 0 Å². The second-order valence-electron chi connectivity index (χ2n) is 6.43. The van der Waals surface area contributed by atoms with Gasteiger partial charge in [-0.1, -0.05) is 0 Å². The summed E-state index contributed by atoms with van der Waals surface area (Å²) < 4.78 is 16.5. The Bertz CT molecular complexity index is 594. The van der Waals surface area contributed by atoms with E-state index in [2.05, 4.69) is 0 Å². The van der Waals surface area contributed by atoms with Gasteiger partial charge >= 0.3 is 0 Å². The second-order valence-corrected chi connectivity index (χ2v) is 6.43. The number of hydrogen-bond donors (Lipinski definition) is 1. The summed E-state index contributed by atoms with van der Waals surface area (Å²) in [5.41, 5.74) is 6.61. The van der Waals surface area contributed by atoms with E-state index >= 15 is 0 Å². The van der Waals surface area contributed by atoms with Crippen LogP contribution in [0.1, 0.15) is 31.2 Å². The molecule has 1 aromatic rings. The fourth-order valence-electron chi connectivity index (χ4n) is 3.21. The molecule has 1 saturated carbocycles. The number of carbonyl (C=O) groups is 1. The van der Waals surface area contributed by atoms with E-state index in [9.17, 15) is 4.79 Å². The maximum Gasteiger partial charge on any atom is 0.252 e. The zero-order chi connectivity index (χ0) is 17.1. The molecule has 140 valence electrons. The smallest absolute Gasteiger partial charge is 0.252 e. The van der Waals surface area contributed by atoms with Gasteiger partial charge < -0.3 is 24.8 Å². The number of amides is 1. The number of nitrogens with zero attached hydrogens (tertiary/aromatic N) is 1. The normalized spacial score (nSPS) is 22.2. The van der Waals surface area contributed by atoms with Gasteiger partial charge in [-0.2, -0.15) is 0 Å². The highest BCUT2D eigenvalue weighted by atomic mass is 35.5. The Balaban J connectivity index is 0.00000225. The van der Waals surface area contributed by atoms with E-state index < -0.39 is 0 Å². The Labute approximate surface area is 155 Å². The number of benzene rings is 1. The zero-order valence-corrected chi connectivity index (χ0v) is 15.6. The largest absolute Gasteiger partial charge is 0.497 e. The van der Waals surface area contributed by atoms with Gasteiger partial charge in [0.2, 0.25) is 0 Å². The van der Waals surface area contributed by atoms with E-state index in [1.54, 1.807) is 14.2 Å². The second kappa shape index (κ2) is 8.74. The van der Waals surface area contributed by atoms with Crippen LogP contribution in [-0.4, -0.2) is 49.8 Å². The van der Waals surface area contributed by atoms with Crippen molar-refractivity contribution in [2.75, 3.05) is 20.8 Å². The minimum Gasteiger partial charge on any atom is -0.497 e. The van der Waals surface area contributed by atoms with Gasteiger partial charge in [0, 0.05) is 24.7 Å². The first kappa shape index (κ1) is 19.8. The van der Waals surface area contributed by atoms with Crippen LogP contribution in [-0.2, 0) is 16.1 Å². The van der Waals surface area contributed by atoms with Gasteiger partial charge in [-0.25, -0.2) is 0 Å². The molecule has 25 heavy (non-hydrogen) atoms. The Hall–Kier alpha value is -1.50. The van der Waals surface area contributed by atoms with Crippen molar-refractivity contribution in [3.8, 4) is 11.5 Å². The molecule has 0 unspecified atom stereocenters. The monoisotopic (exact) mass is 370 g/mol. The van der Waals surface area contributed by atoms with Crippen LogP contribution < -0.4 is 15.2 Å². The van der Waals surface area contributed by atoms with Crippen LogP contribution in [0.15, 0.2) is 18.2 Å². The lowest BCUT2D eigenvalue weighted by Gasteiger charge is -2.26. The summed E-state index contributed by atoms with van der Waals surface area (Å²) in [5, 5.41) is 0. The maximum atomic E-state index is 12.9. The molecule has 7 heteroatoms. The zero-order valence-electron chi connectivity index (χ0n) is 14.8. The highest BCUT2D eigenvalue weighted by molar-refractivity contribution is 5.85. The molecule has 2 atom stereocenters. The van der Waals surface area contributed by atoms with Gasteiger partial charge in [-0.05, 0) is 43.9 Å². The molecule has 1 aliphatic carbocycles. The van der Waals surface area contributed by atoms with Gasteiger partial charge in [-0.15, -0.1) is 12.4 Å². The fourth-order valence-corrected chi connectivity index (χ4v) is 3.21. The molecule has 0 aromatic heterocycles. The topological polar surface area (TPSA) is 74.0 Å². The summed E-state index contributed by atoms with van der Waals surface area (Å²) in [6.07, 6.45) is 3.34. The van der Waals surface area contributed by atoms with Crippen LogP contribution in [0, 0.1) is 0 Å². The predicted molar refractivity (Wildman–Crippen MR) is 97.3 cm³/mol. The predicted octanol–water partition coefficient (Wildman–Crippen LogP) is 2.12. The van der Waals surface area contributed by atoms with Crippen molar-refractivity contribution in [1.29, 1.82) is 0 Å². The van der Waals surface area contributed by atoms with E-state index in [4.69, 9.17) is 19.9 Å². The van der Waals surface area contributed by atoms with E-state index in [1.807, 2.05) is 23.1 Å². The molecule has 0 bridgehead atoms. The lowest BCUT2D eigenvalue weighted by atomic mass is 10.1. The van der Waals surface area contributed by atoms with Crippen molar-refractivity contribution in [1.82, 2.24) is 4.90 Å². The summed E-state index contributed by atoms with van der Waals surface area (Å²) in [5.74, 6) is 1.59. The Kier molecular flexibility index (Phi) is 6.93. The molecule has 1 saturated heterocycles. The van der Waals surface area contributed by atoms with Gasteiger partial charge in [0.1, 0.15) is 17.6 Å². The van der Waals surface area contributed by atoms with Crippen molar-refractivity contribution >= 4 is 18.3 Å². The Morgan fingerprint density at radius 2 is 2.00 bits per heavy atom. The van der Waals surface area contributed by atoms with Gasteiger partial charge in [-0.3, -0.25) is 4.79 Å². The van der Waals surface area contributed by atoms with Crippen LogP contribution >= 0.6 is 12.4 Å². The first-order chi connectivity index (χ1) is 11.7. The Morgan fingerprint density at radius 1 is 1.24 bits per heavy atom. The summed E-state index contributed by atoms with van der Waals surface area (Å²) in [6.45, 7) is 0.980. The van der Waals surface area contributed by atoms with Crippen molar-refractivity contribution in [2.24, 2.45) is 5.73 Å². The van der Waals surface area contributed by atoms with Crippen molar-refractivity contribution in [3.05, 3.63) is 23.8 Å². The quantitative estimate of drug-likeness (QED) is 0.795. The third-order valence-corrected chi connectivity index (χ3v) is 4.74. The highest BCUT2D eigenvalue weighted by Crippen LogP contribution is 2.34. The number of nitrogens with two attached hydrogens (primary N) is 1. The minimum atomic E-state index is -0.365. The molecule has 1 aromatic carbocycles. The summed E-state index contributed by atoms with van der Waals surface area (Å²) in [7, 11) is 3.27. The first-order valence-electron chi connectivity index (χ1n) is 8.53. The molecule has 2 N–H and O–H groups in total. The number of carbonyl (C=O) groups excluding carboxylic acids is 1. The maximum absolute atomic E-state index is 12.9. The number of ether oxygens (including phenoxy) is 3. The fraction of sp³-hybridized carbons (Fsp3) is 0.611. The molecule has 3 rings (SSSR count). The molecule has 0 radical (unpaired) electrons. The number of rotatable bonds is 7. The summed E-state index contributed by atoms with van der Waals surface area (Å²) in [4.78, 5) is 14.9. The molecule has 2 aliphatic rings. The van der Waals surface area contributed by atoms with Crippen molar-refractivity contribution < 1.29 is 19.0 Å². The average molecular weight is 371 g/mol. The molecule has 1 aliphatic heterocycles. The van der Waals surface area contributed by atoms with E-state index in [-0.39, 0.29) is 30.5 Å². The number of halogens is 1. The Morgan fingerprint density at radius 3 is 2.56 bits per heavy atom. The summed E-state index contributed by atoms with van der Waals surface area (Å²) >= 11 is 0. The lowest BCUT2D eigenvalue weighted by Crippen LogP contribution is -2.40. The van der Waals surface area contributed by atoms with Crippen LogP contribution in [0.3, 0.4) is 0 Å². The molecular formula is C18H27ClN2O4. The third kappa shape index (κ3) is 4.57. The molecule has 6 nitrogen and oxygen atoms in total. The lowest BCUT2D eigenvalue weighted by molar-refractivity contribution is -0.144. The summed E-state index contributed by atoms with van der Waals surface area (Å²) in [6, 6.07) is 5.96. The molecule has 1 heterocycles. The number of methoxy groups -OCH3 is 2. The SMILES string of the molecule is COc1ccc(OC)c(CN(C(=O)[C@@H]2CC[C@H](CN)O2)C2CC2)c1.Cl. The van der Waals surface area contributed by atoms with Gasteiger partial charge in [0.15, 0.2) is 0 Å². The van der Waals surface area contributed by atoms with Crippen molar-refractivity contribution in [3.63, 3.8) is 0 Å². The van der Waals surface area contributed by atoms with Crippen LogP contribution in [0.25, 0.3) is 0 Å². The standard InChI is InChI=1S/C18H26N2O4.ClH/c1-22-14-5-7-16(23-2)12(9-14)11-20(13-3-4-13)18(21)17-8-6-15(10-19)24-17;/h5,7,9,13,15,17H,3-4,6,8,10-11,19H2,1-2H3;1H/t15-,17+;/m1./s1. The van der Waals surface area contributed by atoms with Crippen LogP contribution in [0.5, 0.6) is 11.5 Å². The van der Waals surface area contributed by atoms with E-state index in [0.29, 0.717) is 19.1 Å². The van der Waals surface area contributed by atoms with E-state index in [0.717, 1.165) is 42.7 Å². The molecular weight excluding hydrogens is 344 g/mol.